The van der Waals surface area contributed by atoms with Gasteiger partial charge in [0.25, 0.3) is 0 Å². The van der Waals surface area contributed by atoms with Crippen molar-refractivity contribution in [3.05, 3.63) is 64.1 Å². The van der Waals surface area contributed by atoms with Crippen LogP contribution in [-0.2, 0) is 11.3 Å². The zero-order chi connectivity index (χ0) is 15.1. The summed E-state index contributed by atoms with van der Waals surface area (Å²) in [6.45, 7) is 0.802. The van der Waals surface area contributed by atoms with Gasteiger partial charge in [-0.2, -0.15) is 5.26 Å². The molecule has 0 aliphatic carbocycles. The Morgan fingerprint density at radius 3 is 2.52 bits per heavy atom. The molecule has 5 heteroatoms. The van der Waals surface area contributed by atoms with E-state index in [0.717, 1.165) is 15.7 Å². The number of para-hydroxylation sites is 1. The maximum atomic E-state index is 11.8. The zero-order valence-corrected chi connectivity index (χ0v) is 12.9. The first kappa shape index (κ1) is 15.2. The minimum Gasteiger partial charge on any atom is -0.324 e. The van der Waals surface area contributed by atoms with Crippen molar-refractivity contribution in [1.29, 1.82) is 5.26 Å². The summed E-state index contributed by atoms with van der Waals surface area (Å²) in [4.78, 5) is 11.8. The van der Waals surface area contributed by atoms with Gasteiger partial charge in [-0.15, -0.1) is 0 Å². The first-order valence-corrected chi connectivity index (χ1v) is 7.22. The lowest BCUT2D eigenvalue weighted by Gasteiger charge is -2.08. The monoisotopic (exact) mass is 343 g/mol. The summed E-state index contributed by atoms with van der Waals surface area (Å²) in [5.74, 6) is -0.101. The van der Waals surface area contributed by atoms with Gasteiger partial charge in [0.1, 0.15) is 0 Å². The maximum absolute atomic E-state index is 11.8. The molecule has 0 bridgehead atoms. The smallest absolute Gasteiger partial charge is 0.238 e. The lowest BCUT2D eigenvalue weighted by molar-refractivity contribution is -0.115. The van der Waals surface area contributed by atoms with E-state index in [1.54, 1.807) is 12.1 Å². The number of carbonyl (C=O) groups excluding carboxylic acids is 1. The Balaban J connectivity index is 1.79. The number of amides is 1. The largest absolute Gasteiger partial charge is 0.324 e. The summed E-state index contributed by atoms with van der Waals surface area (Å²) in [6.07, 6.45) is 0. The molecule has 0 spiro atoms. The molecule has 0 aromatic heterocycles. The molecule has 0 radical (unpaired) electrons. The highest BCUT2D eigenvalue weighted by Crippen LogP contribution is 2.20. The normalized spacial score (nSPS) is 9.90. The number of carbonyl (C=O) groups is 1. The van der Waals surface area contributed by atoms with E-state index in [4.69, 9.17) is 5.26 Å². The van der Waals surface area contributed by atoms with Crippen LogP contribution < -0.4 is 10.6 Å². The third-order valence-electron chi connectivity index (χ3n) is 2.85. The Morgan fingerprint density at radius 1 is 1.14 bits per heavy atom. The Morgan fingerprint density at radius 2 is 1.86 bits per heavy atom. The van der Waals surface area contributed by atoms with Crippen LogP contribution >= 0.6 is 15.9 Å². The Bertz CT molecular complexity index is 662. The molecule has 0 heterocycles. The van der Waals surface area contributed by atoms with Crippen LogP contribution in [0.25, 0.3) is 0 Å². The fourth-order valence-electron chi connectivity index (χ4n) is 1.77. The minimum atomic E-state index is -0.101. The van der Waals surface area contributed by atoms with Crippen LogP contribution in [0.4, 0.5) is 5.69 Å². The van der Waals surface area contributed by atoms with Gasteiger partial charge in [0.15, 0.2) is 0 Å². The average Bonchev–Trinajstić information content (AvgIpc) is 2.50. The van der Waals surface area contributed by atoms with Crippen LogP contribution in [0.2, 0.25) is 0 Å². The number of rotatable bonds is 5. The fourth-order valence-corrected chi connectivity index (χ4v) is 2.16. The molecule has 21 heavy (non-hydrogen) atoms. The van der Waals surface area contributed by atoms with Crippen LogP contribution in [0, 0.1) is 11.3 Å². The Labute approximate surface area is 131 Å². The highest BCUT2D eigenvalue weighted by molar-refractivity contribution is 9.10. The van der Waals surface area contributed by atoms with Crippen LogP contribution in [0.15, 0.2) is 53.0 Å². The summed E-state index contributed by atoms with van der Waals surface area (Å²) in [5, 5.41) is 14.6. The first-order chi connectivity index (χ1) is 10.2. The molecule has 0 aliphatic heterocycles. The van der Waals surface area contributed by atoms with E-state index >= 15 is 0 Å². The van der Waals surface area contributed by atoms with Gasteiger partial charge in [-0.3, -0.25) is 4.79 Å². The third-order valence-corrected chi connectivity index (χ3v) is 3.54. The predicted octanol–water partition coefficient (Wildman–Crippen LogP) is 3.05. The molecule has 0 saturated heterocycles. The molecular formula is C16H14BrN3O. The standard InChI is InChI=1S/C16H14BrN3O/c17-14-3-1-2-4-15(14)20-16(21)11-19-10-13-7-5-12(9-18)6-8-13/h1-8,19H,10-11H2,(H,20,21). The van der Waals surface area contributed by atoms with Crippen molar-refractivity contribution in [2.45, 2.75) is 6.54 Å². The lowest BCUT2D eigenvalue weighted by Crippen LogP contribution is -2.27. The van der Waals surface area contributed by atoms with Crippen molar-refractivity contribution in [3.63, 3.8) is 0 Å². The van der Waals surface area contributed by atoms with Gasteiger partial charge >= 0.3 is 0 Å². The predicted molar refractivity (Wildman–Crippen MR) is 85.6 cm³/mol. The number of halogens is 1. The van der Waals surface area contributed by atoms with Crippen LogP contribution in [0.5, 0.6) is 0 Å². The third kappa shape index (κ3) is 4.71. The van der Waals surface area contributed by atoms with Crippen LogP contribution in [0.3, 0.4) is 0 Å². The van der Waals surface area contributed by atoms with Crippen molar-refractivity contribution < 1.29 is 4.79 Å². The molecule has 1 amide bonds. The Hall–Kier alpha value is -2.16. The molecule has 2 aromatic carbocycles. The fraction of sp³-hybridized carbons (Fsp3) is 0.125. The second-order valence-electron chi connectivity index (χ2n) is 4.44. The number of nitrogens with zero attached hydrogens (tertiary/aromatic N) is 1. The molecule has 0 saturated carbocycles. The van der Waals surface area contributed by atoms with E-state index in [1.165, 1.54) is 0 Å². The summed E-state index contributed by atoms with van der Waals surface area (Å²) in [7, 11) is 0. The number of nitrogens with one attached hydrogen (secondary N) is 2. The van der Waals surface area contributed by atoms with Gasteiger partial charge in [0, 0.05) is 11.0 Å². The SMILES string of the molecule is N#Cc1ccc(CNCC(=O)Nc2ccccc2Br)cc1. The Kier molecular flexibility index (Phi) is 5.50. The number of nitriles is 1. The van der Waals surface area contributed by atoms with Crippen molar-refractivity contribution in [3.8, 4) is 6.07 Å². The summed E-state index contributed by atoms with van der Waals surface area (Å²) in [5.41, 5.74) is 2.41. The van der Waals surface area contributed by atoms with Gasteiger partial charge in [-0.25, -0.2) is 0 Å². The van der Waals surface area contributed by atoms with E-state index in [2.05, 4.69) is 32.6 Å². The first-order valence-electron chi connectivity index (χ1n) is 6.43. The number of hydrogen-bond donors (Lipinski definition) is 2. The lowest BCUT2D eigenvalue weighted by atomic mass is 10.1. The number of anilines is 1. The van der Waals surface area contributed by atoms with Gasteiger partial charge in [0.05, 0.1) is 23.9 Å². The highest BCUT2D eigenvalue weighted by atomic mass is 79.9. The van der Waals surface area contributed by atoms with Gasteiger partial charge in [-0.05, 0) is 45.8 Å². The van der Waals surface area contributed by atoms with Gasteiger partial charge in [-0.1, -0.05) is 24.3 Å². The summed E-state index contributed by atoms with van der Waals surface area (Å²) >= 11 is 3.38. The molecule has 106 valence electrons. The summed E-state index contributed by atoms with van der Waals surface area (Å²) < 4.78 is 0.852. The molecule has 2 N–H and O–H groups in total. The molecule has 0 unspecified atom stereocenters. The molecule has 0 atom stereocenters. The van der Waals surface area contributed by atoms with E-state index < -0.39 is 0 Å². The molecule has 2 rings (SSSR count). The average molecular weight is 344 g/mol. The molecule has 0 aliphatic rings. The van der Waals surface area contributed by atoms with E-state index in [9.17, 15) is 4.79 Å². The summed E-state index contributed by atoms with van der Waals surface area (Å²) in [6, 6.07) is 16.8. The second kappa shape index (κ2) is 7.58. The van der Waals surface area contributed by atoms with Crippen LogP contribution in [0.1, 0.15) is 11.1 Å². The second-order valence-corrected chi connectivity index (χ2v) is 5.29. The molecular weight excluding hydrogens is 330 g/mol. The van der Waals surface area contributed by atoms with Crippen molar-refractivity contribution in [2.24, 2.45) is 0 Å². The number of hydrogen-bond acceptors (Lipinski definition) is 3. The quantitative estimate of drug-likeness (QED) is 0.876. The molecule has 0 fully saturated rings. The topological polar surface area (TPSA) is 64.9 Å². The highest BCUT2D eigenvalue weighted by Gasteiger charge is 2.04. The van der Waals surface area contributed by atoms with Crippen molar-refractivity contribution >= 4 is 27.5 Å². The van der Waals surface area contributed by atoms with Crippen LogP contribution in [-0.4, -0.2) is 12.5 Å². The van der Waals surface area contributed by atoms with E-state index in [0.29, 0.717) is 12.1 Å². The maximum Gasteiger partial charge on any atom is 0.238 e. The van der Waals surface area contributed by atoms with Gasteiger partial charge < -0.3 is 10.6 Å². The minimum absolute atomic E-state index is 0.101. The zero-order valence-electron chi connectivity index (χ0n) is 11.3. The molecule has 4 nitrogen and oxygen atoms in total. The van der Waals surface area contributed by atoms with E-state index in [1.807, 2.05) is 36.4 Å². The van der Waals surface area contributed by atoms with E-state index in [-0.39, 0.29) is 12.5 Å². The molecule has 2 aromatic rings. The van der Waals surface area contributed by atoms with Gasteiger partial charge in [0.2, 0.25) is 5.91 Å². The number of benzene rings is 2. The van der Waals surface area contributed by atoms with Crippen molar-refractivity contribution in [1.82, 2.24) is 5.32 Å². The van der Waals surface area contributed by atoms with Crippen molar-refractivity contribution in [2.75, 3.05) is 11.9 Å².